The van der Waals surface area contributed by atoms with Crippen LogP contribution >= 0.6 is 0 Å². The van der Waals surface area contributed by atoms with Crippen molar-refractivity contribution in [3.8, 4) is 6.01 Å². The van der Waals surface area contributed by atoms with Crippen molar-refractivity contribution in [1.29, 1.82) is 0 Å². The van der Waals surface area contributed by atoms with Gasteiger partial charge in [0.05, 0.1) is 13.0 Å². The van der Waals surface area contributed by atoms with E-state index in [1.165, 1.54) is 0 Å². The Hall–Kier alpha value is -1.56. The molecule has 18 heavy (non-hydrogen) atoms. The molecule has 0 aromatic carbocycles. The molecule has 0 aliphatic heterocycles. The third-order valence-electron chi connectivity index (χ3n) is 1.95. The van der Waals surface area contributed by atoms with E-state index in [0.717, 1.165) is 0 Å². The zero-order valence-electron chi connectivity index (χ0n) is 11.3. The van der Waals surface area contributed by atoms with Crippen LogP contribution in [0.25, 0.3) is 0 Å². The number of esters is 1. The summed E-state index contributed by atoms with van der Waals surface area (Å²) in [5, 5.41) is 0. The SMILES string of the molecule is Cc1nc(C)nc(OC(=O)CCOCC(C)C)n1. The van der Waals surface area contributed by atoms with Gasteiger partial charge in [-0.1, -0.05) is 13.8 Å². The van der Waals surface area contributed by atoms with E-state index in [9.17, 15) is 4.79 Å². The normalized spacial score (nSPS) is 10.7. The number of nitrogens with zero attached hydrogens (tertiary/aromatic N) is 3. The molecule has 0 aliphatic rings. The molecule has 0 unspecified atom stereocenters. The minimum absolute atomic E-state index is 0.0499. The van der Waals surface area contributed by atoms with Crippen molar-refractivity contribution < 1.29 is 14.3 Å². The van der Waals surface area contributed by atoms with E-state index in [4.69, 9.17) is 9.47 Å². The van der Waals surface area contributed by atoms with E-state index in [0.29, 0.717) is 30.8 Å². The van der Waals surface area contributed by atoms with Crippen molar-refractivity contribution in [3.05, 3.63) is 11.6 Å². The minimum atomic E-state index is -0.399. The molecule has 1 heterocycles. The van der Waals surface area contributed by atoms with Crippen LogP contribution in [0, 0.1) is 19.8 Å². The first-order valence-electron chi connectivity index (χ1n) is 5.95. The van der Waals surface area contributed by atoms with Crippen LogP contribution < -0.4 is 4.74 Å². The van der Waals surface area contributed by atoms with Crippen molar-refractivity contribution in [1.82, 2.24) is 15.0 Å². The predicted octanol–water partition coefficient (Wildman–Crippen LogP) is 1.46. The molecular weight excluding hydrogens is 234 g/mol. The van der Waals surface area contributed by atoms with Gasteiger partial charge in [0.15, 0.2) is 0 Å². The second-order valence-corrected chi connectivity index (χ2v) is 4.41. The summed E-state index contributed by atoms with van der Waals surface area (Å²) in [6, 6.07) is 0.0499. The van der Waals surface area contributed by atoms with Gasteiger partial charge < -0.3 is 9.47 Å². The van der Waals surface area contributed by atoms with Crippen LogP contribution in [0.4, 0.5) is 0 Å². The van der Waals surface area contributed by atoms with Crippen LogP contribution in [-0.2, 0) is 9.53 Å². The molecule has 0 N–H and O–H groups in total. The monoisotopic (exact) mass is 253 g/mol. The number of rotatable bonds is 6. The summed E-state index contributed by atoms with van der Waals surface area (Å²) in [5.41, 5.74) is 0. The standard InChI is InChI=1S/C12H19N3O3/c1-8(2)7-17-6-5-11(16)18-12-14-9(3)13-10(4)15-12/h8H,5-7H2,1-4H3. The number of aryl methyl sites for hydroxylation is 2. The van der Waals surface area contributed by atoms with Gasteiger partial charge in [0.2, 0.25) is 0 Å². The average molecular weight is 253 g/mol. The molecule has 0 atom stereocenters. The molecule has 6 nitrogen and oxygen atoms in total. The molecule has 0 saturated carbocycles. The Balaban J connectivity index is 2.35. The maximum atomic E-state index is 11.5. The maximum absolute atomic E-state index is 11.5. The molecule has 100 valence electrons. The maximum Gasteiger partial charge on any atom is 0.327 e. The van der Waals surface area contributed by atoms with E-state index < -0.39 is 5.97 Å². The van der Waals surface area contributed by atoms with Gasteiger partial charge >= 0.3 is 12.0 Å². The molecule has 0 saturated heterocycles. The number of ether oxygens (including phenoxy) is 2. The lowest BCUT2D eigenvalue weighted by molar-refractivity contribution is -0.136. The summed E-state index contributed by atoms with van der Waals surface area (Å²) in [6.07, 6.45) is 0.191. The second-order valence-electron chi connectivity index (χ2n) is 4.41. The van der Waals surface area contributed by atoms with Crippen molar-refractivity contribution in [2.75, 3.05) is 13.2 Å². The quantitative estimate of drug-likeness (QED) is 0.564. The van der Waals surface area contributed by atoms with Crippen LogP contribution in [0.1, 0.15) is 31.9 Å². The molecule has 0 radical (unpaired) electrons. The van der Waals surface area contributed by atoms with Crippen LogP contribution in [0.15, 0.2) is 0 Å². The third kappa shape index (κ3) is 5.67. The van der Waals surface area contributed by atoms with E-state index in [1.54, 1.807) is 13.8 Å². The van der Waals surface area contributed by atoms with Gasteiger partial charge in [-0.15, -0.1) is 0 Å². The van der Waals surface area contributed by atoms with E-state index in [-0.39, 0.29) is 12.4 Å². The highest BCUT2D eigenvalue weighted by molar-refractivity contribution is 5.71. The van der Waals surface area contributed by atoms with Crippen LogP contribution in [-0.4, -0.2) is 34.1 Å². The molecule has 0 bridgehead atoms. The molecule has 0 fully saturated rings. The van der Waals surface area contributed by atoms with E-state index >= 15 is 0 Å². The third-order valence-corrected chi connectivity index (χ3v) is 1.95. The zero-order chi connectivity index (χ0) is 13.5. The average Bonchev–Trinajstić information content (AvgIpc) is 2.22. The second kappa shape index (κ2) is 7.00. The highest BCUT2D eigenvalue weighted by Crippen LogP contribution is 2.04. The van der Waals surface area contributed by atoms with Crippen molar-refractivity contribution in [3.63, 3.8) is 0 Å². The topological polar surface area (TPSA) is 74.2 Å². The summed E-state index contributed by atoms with van der Waals surface area (Å²) in [6.45, 7) is 8.52. The van der Waals surface area contributed by atoms with Gasteiger partial charge in [-0.2, -0.15) is 9.97 Å². The Morgan fingerprint density at radius 2 is 1.78 bits per heavy atom. The summed E-state index contributed by atoms with van der Waals surface area (Å²) in [7, 11) is 0. The van der Waals surface area contributed by atoms with Crippen molar-refractivity contribution in [2.24, 2.45) is 5.92 Å². The number of carbonyl (C=O) groups excluding carboxylic acids is 1. The van der Waals surface area contributed by atoms with Gasteiger partial charge in [-0.05, 0) is 19.8 Å². The van der Waals surface area contributed by atoms with Gasteiger partial charge in [0.25, 0.3) is 0 Å². The lowest BCUT2D eigenvalue weighted by Gasteiger charge is -2.06. The summed E-state index contributed by atoms with van der Waals surface area (Å²) in [5.74, 6) is 1.11. The van der Waals surface area contributed by atoms with Crippen LogP contribution in [0.3, 0.4) is 0 Å². The molecule has 0 aliphatic carbocycles. The van der Waals surface area contributed by atoms with E-state index in [2.05, 4.69) is 28.8 Å². The number of hydrogen-bond donors (Lipinski definition) is 0. The largest absolute Gasteiger partial charge is 0.391 e. The number of aromatic nitrogens is 3. The fraction of sp³-hybridized carbons (Fsp3) is 0.667. The fourth-order valence-electron chi connectivity index (χ4n) is 1.26. The molecule has 6 heteroatoms. The van der Waals surface area contributed by atoms with E-state index in [1.807, 2.05) is 0 Å². The smallest absolute Gasteiger partial charge is 0.327 e. The summed E-state index contributed by atoms with van der Waals surface area (Å²) in [4.78, 5) is 23.3. The number of hydrogen-bond acceptors (Lipinski definition) is 6. The first-order chi connectivity index (χ1) is 8.47. The molecule has 1 aromatic rings. The Kier molecular flexibility index (Phi) is 5.64. The first-order valence-corrected chi connectivity index (χ1v) is 5.95. The van der Waals surface area contributed by atoms with Crippen molar-refractivity contribution in [2.45, 2.75) is 34.1 Å². The van der Waals surface area contributed by atoms with Gasteiger partial charge in [0.1, 0.15) is 11.6 Å². The lowest BCUT2D eigenvalue weighted by atomic mass is 10.2. The minimum Gasteiger partial charge on any atom is -0.391 e. The van der Waals surface area contributed by atoms with Crippen LogP contribution in [0.5, 0.6) is 6.01 Å². The molecule has 0 spiro atoms. The lowest BCUT2D eigenvalue weighted by Crippen LogP contribution is -2.15. The Labute approximate surface area is 107 Å². The van der Waals surface area contributed by atoms with Gasteiger partial charge in [-0.25, -0.2) is 4.98 Å². The molecule has 1 aromatic heterocycles. The van der Waals surface area contributed by atoms with Gasteiger partial charge in [-0.3, -0.25) is 4.79 Å². The van der Waals surface area contributed by atoms with Gasteiger partial charge in [0, 0.05) is 6.61 Å². The highest BCUT2D eigenvalue weighted by Gasteiger charge is 2.09. The summed E-state index contributed by atoms with van der Waals surface area (Å²) < 4.78 is 10.3. The predicted molar refractivity (Wildman–Crippen MR) is 65.2 cm³/mol. The zero-order valence-corrected chi connectivity index (χ0v) is 11.3. The van der Waals surface area contributed by atoms with Crippen LogP contribution in [0.2, 0.25) is 0 Å². The number of carbonyl (C=O) groups is 1. The molecule has 1 rings (SSSR count). The molecule has 0 amide bonds. The molecular formula is C12H19N3O3. The highest BCUT2D eigenvalue weighted by atomic mass is 16.6. The Bertz CT molecular complexity index is 387. The first kappa shape index (κ1) is 14.5. The Morgan fingerprint density at radius 3 is 2.33 bits per heavy atom. The summed E-state index contributed by atoms with van der Waals surface area (Å²) >= 11 is 0. The van der Waals surface area contributed by atoms with Crippen molar-refractivity contribution >= 4 is 5.97 Å². The Morgan fingerprint density at radius 1 is 1.17 bits per heavy atom. The fourth-order valence-corrected chi connectivity index (χ4v) is 1.26.